The fourth-order valence-electron chi connectivity index (χ4n) is 3.92. The molecule has 4 rings (SSSR count). The number of methoxy groups -OCH3 is 1. The molecule has 1 aliphatic heterocycles. The van der Waals surface area contributed by atoms with Crippen molar-refractivity contribution in [3.05, 3.63) is 77.2 Å². The van der Waals surface area contributed by atoms with Crippen molar-refractivity contribution in [1.29, 1.82) is 0 Å². The van der Waals surface area contributed by atoms with Crippen molar-refractivity contribution in [2.45, 2.75) is 25.2 Å². The topological polar surface area (TPSA) is 71.1 Å². The van der Waals surface area contributed by atoms with Crippen molar-refractivity contribution in [2.24, 2.45) is 0 Å². The van der Waals surface area contributed by atoms with Gasteiger partial charge in [-0.3, -0.25) is 9.89 Å². The monoisotopic (exact) mass is 376 g/mol. The zero-order valence-electron chi connectivity index (χ0n) is 16.0. The number of aromatic amines is 1. The van der Waals surface area contributed by atoms with Crippen LogP contribution < -0.4 is 4.74 Å². The fourth-order valence-corrected chi connectivity index (χ4v) is 3.92. The first-order valence-corrected chi connectivity index (χ1v) is 9.60. The molecule has 3 heterocycles. The number of hydrogen-bond donors (Lipinski definition) is 1. The minimum absolute atomic E-state index is 0.0289. The van der Waals surface area contributed by atoms with E-state index in [1.165, 1.54) is 11.1 Å². The van der Waals surface area contributed by atoms with Crippen LogP contribution in [0.5, 0.6) is 5.88 Å². The van der Waals surface area contributed by atoms with E-state index < -0.39 is 0 Å². The Labute approximate surface area is 164 Å². The van der Waals surface area contributed by atoms with Crippen LogP contribution in [0, 0.1) is 0 Å². The van der Waals surface area contributed by atoms with E-state index in [-0.39, 0.29) is 11.8 Å². The number of rotatable bonds is 5. The molecule has 1 atom stereocenters. The summed E-state index contributed by atoms with van der Waals surface area (Å²) in [6.45, 7) is 1.41. The number of carbonyl (C=O) groups excluding carboxylic acids is 1. The number of amides is 1. The van der Waals surface area contributed by atoms with Gasteiger partial charge in [-0.2, -0.15) is 5.10 Å². The predicted molar refractivity (Wildman–Crippen MR) is 107 cm³/mol. The summed E-state index contributed by atoms with van der Waals surface area (Å²) in [5, 5.41) is 7.48. The SMILES string of the molecule is COc1ncccc1C(=O)N1CCC[C@H](c2[nH]ncc2Cc2ccccc2)C1. The Morgan fingerprint density at radius 2 is 2.11 bits per heavy atom. The first-order valence-electron chi connectivity index (χ1n) is 9.60. The second kappa shape index (κ2) is 8.25. The lowest BCUT2D eigenvalue weighted by Crippen LogP contribution is -2.39. The van der Waals surface area contributed by atoms with Crippen LogP contribution in [0.25, 0.3) is 0 Å². The number of likely N-dealkylation sites (tertiary alicyclic amines) is 1. The van der Waals surface area contributed by atoms with Crippen molar-refractivity contribution in [3.63, 3.8) is 0 Å². The smallest absolute Gasteiger partial charge is 0.259 e. The van der Waals surface area contributed by atoms with E-state index in [9.17, 15) is 4.79 Å². The number of pyridine rings is 1. The maximum atomic E-state index is 13.1. The van der Waals surface area contributed by atoms with Gasteiger partial charge in [0.1, 0.15) is 5.56 Å². The molecule has 1 fully saturated rings. The van der Waals surface area contributed by atoms with E-state index in [2.05, 4.69) is 39.4 Å². The van der Waals surface area contributed by atoms with Crippen molar-refractivity contribution >= 4 is 5.91 Å². The molecule has 0 bridgehead atoms. The molecule has 1 aromatic carbocycles. The molecule has 3 aromatic rings. The lowest BCUT2D eigenvalue weighted by molar-refractivity contribution is 0.0701. The number of benzene rings is 1. The first kappa shape index (κ1) is 18.2. The molecule has 144 valence electrons. The van der Waals surface area contributed by atoms with Gasteiger partial charge in [0.15, 0.2) is 0 Å². The number of H-pyrrole nitrogens is 1. The van der Waals surface area contributed by atoms with E-state index in [0.717, 1.165) is 31.5 Å². The third kappa shape index (κ3) is 3.76. The average Bonchev–Trinajstić information content (AvgIpc) is 3.22. The minimum Gasteiger partial charge on any atom is -0.480 e. The highest BCUT2D eigenvalue weighted by atomic mass is 16.5. The van der Waals surface area contributed by atoms with Crippen LogP contribution in [-0.4, -0.2) is 46.2 Å². The van der Waals surface area contributed by atoms with Gasteiger partial charge >= 0.3 is 0 Å². The van der Waals surface area contributed by atoms with E-state index in [4.69, 9.17) is 4.74 Å². The summed E-state index contributed by atoms with van der Waals surface area (Å²) < 4.78 is 5.27. The van der Waals surface area contributed by atoms with E-state index in [0.29, 0.717) is 18.0 Å². The highest BCUT2D eigenvalue weighted by Crippen LogP contribution is 2.30. The first-order chi connectivity index (χ1) is 13.8. The molecule has 0 unspecified atom stereocenters. The second-order valence-corrected chi connectivity index (χ2v) is 7.12. The third-order valence-corrected chi connectivity index (χ3v) is 5.30. The molecule has 1 amide bonds. The van der Waals surface area contributed by atoms with Crippen LogP contribution in [0.1, 0.15) is 45.9 Å². The zero-order valence-corrected chi connectivity index (χ0v) is 16.0. The number of hydrogen-bond acceptors (Lipinski definition) is 4. The van der Waals surface area contributed by atoms with Gasteiger partial charge in [-0.05, 0) is 36.1 Å². The van der Waals surface area contributed by atoms with Crippen molar-refractivity contribution in [1.82, 2.24) is 20.1 Å². The van der Waals surface area contributed by atoms with Crippen LogP contribution in [-0.2, 0) is 6.42 Å². The summed E-state index contributed by atoms with van der Waals surface area (Å²) in [5.41, 5.74) is 4.11. The van der Waals surface area contributed by atoms with Gasteiger partial charge in [0.2, 0.25) is 5.88 Å². The molecular formula is C22H24N4O2. The fraction of sp³-hybridized carbons (Fsp3) is 0.318. The van der Waals surface area contributed by atoms with Gasteiger partial charge in [-0.15, -0.1) is 0 Å². The van der Waals surface area contributed by atoms with E-state index >= 15 is 0 Å². The number of carbonyl (C=O) groups is 1. The van der Waals surface area contributed by atoms with Crippen LogP contribution in [0.15, 0.2) is 54.9 Å². The summed E-state index contributed by atoms with van der Waals surface area (Å²) in [5.74, 6) is 0.598. The van der Waals surface area contributed by atoms with Gasteiger partial charge in [0.25, 0.3) is 5.91 Å². The summed E-state index contributed by atoms with van der Waals surface area (Å²) in [7, 11) is 1.54. The highest BCUT2D eigenvalue weighted by molar-refractivity contribution is 5.96. The molecule has 28 heavy (non-hydrogen) atoms. The molecule has 1 aliphatic rings. The van der Waals surface area contributed by atoms with Crippen LogP contribution >= 0.6 is 0 Å². The van der Waals surface area contributed by atoms with Crippen LogP contribution in [0.4, 0.5) is 0 Å². The molecular weight excluding hydrogens is 352 g/mol. The van der Waals surface area contributed by atoms with Crippen molar-refractivity contribution in [2.75, 3.05) is 20.2 Å². The number of piperidine rings is 1. The quantitative estimate of drug-likeness (QED) is 0.741. The molecule has 2 aromatic heterocycles. The maximum absolute atomic E-state index is 13.1. The maximum Gasteiger partial charge on any atom is 0.259 e. The van der Waals surface area contributed by atoms with Gasteiger partial charge < -0.3 is 9.64 Å². The van der Waals surface area contributed by atoms with Crippen molar-refractivity contribution in [3.8, 4) is 5.88 Å². The van der Waals surface area contributed by atoms with E-state index in [1.807, 2.05) is 17.2 Å². The lowest BCUT2D eigenvalue weighted by atomic mass is 9.90. The molecule has 0 aliphatic carbocycles. The number of nitrogens with zero attached hydrogens (tertiary/aromatic N) is 3. The minimum atomic E-state index is -0.0289. The Kier molecular flexibility index (Phi) is 5.37. The molecule has 6 nitrogen and oxygen atoms in total. The molecule has 0 saturated carbocycles. The molecule has 0 radical (unpaired) electrons. The summed E-state index contributed by atoms with van der Waals surface area (Å²) in [6, 6.07) is 13.9. The number of nitrogens with one attached hydrogen (secondary N) is 1. The normalized spacial score (nSPS) is 16.8. The lowest BCUT2D eigenvalue weighted by Gasteiger charge is -2.33. The standard InChI is InChI=1S/C22H24N4O2/c1-28-21-19(10-5-11-23-21)22(27)26-12-6-9-17(15-26)20-18(14-24-25-20)13-16-7-3-2-4-8-16/h2-5,7-8,10-11,14,17H,6,9,12-13,15H2,1H3,(H,24,25)/t17-/m0/s1. The van der Waals surface area contributed by atoms with Gasteiger partial charge in [-0.1, -0.05) is 30.3 Å². The summed E-state index contributed by atoms with van der Waals surface area (Å²) >= 11 is 0. The predicted octanol–water partition coefficient (Wildman–Crippen LogP) is 3.42. The van der Waals surface area contributed by atoms with Gasteiger partial charge in [-0.25, -0.2) is 4.98 Å². The Morgan fingerprint density at radius 1 is 1.25 bits per heavy atom. The molecule has 0 spiro atoms. The Balaban J connectivity index is 1.52. The van der Waals surface area contributed by atoms with Crippen LogP contribution in [0.3, 0.4) is 0 Å². The summed E-state index contributed by atoms with van der Waals surface area (Å²) in [4.78, 5) is 19.1. The zero-order chi connectivity index (χ0) is 19.3. The number of aromatic nitrogens is 3. The Bertz CT molecular complexity index is 938. The van der Waals surface area contributed by atoms with Gasteiger partial charge in [0.05, 0.1) is 13.3 Å². The largest absolute Gasteiger partial charge is 0.480 e. The number of ether oxygens (including phenoxy) is 1. The Morgan fingerprint density at radius 3 is 2.93 bits per heavy atom. The Hall–Kier alpha value is -3.15. The molecule has 1 saturated heterocycles. The third-order valence-electron chi connectivity index (χ3n) is 5.30. The van der Waals surface area contributed by atoms with Gasteiger partial charge in [0, 0.05) is 37.3 Å². The van der Waals surface area contributed by atoms with Crippen LogP contribution in [0.2, 0.25) is 0 Å². The van der Waals surface area contributed by atoms with Crippen molar-refractivity contribution < 1.29 is 9.53 Å². The highest BCUT2D eigenvalue weighted by Gasteiger charge is 2.29. The summed E-state index contributed by atoms with van der Waals surface area (Å²) in [6.07, 6.45) is 6.39. The van der Waals surface area contributed by atoms with E-state index in [1.54, 1.807) is 25.4 Å². The molecule has 1 N–H and O–H groups in total. The molecule has 6 heteroatoms. The second-order valence-electron chi connectivity index (χ2n) is 7.12. The average molecular weight is 376 g/mol.